The van der Waals surface area contributed by atoms with Gasteiger partial charge in [-0.15, -0.1) is 0 Å². The SMILES string of the molecule is COc1ccc(C)c(NS(=O)(=O)c2cnc(NC(C)=O)s2)c1. The average molecular weight is 341 g/mol. The minimum absolute atomic E-state index is 0.0125. The molecule has 0 saturated heterocycles. The first kappa shape index (κ1) is 16.2. The lowest BCUT2D eigenvalue weighted by atomic mass is 10.2. The van der Waals surface area contributed by atoms with Crippen molar-refractivity contribution in [1.29, 1.82) is 0 Å². The Bertz CT molecular complexity index is 799. The molecule has 0 atom stereocenters. The van der Waals surface area contributed by atoms with Crippen molar-refractivity contribution >= 4 is 38.1 Å². The first-order valence-electron chi connectivity index (χ1n) is 6.22. The molecule has 1 aromatic carbocycles. The zero-order chi connectivity index (χ0) is 16.3. The van der Waals surface area contributed by atoms with Gasteiger partial charge in [0.2, 0.25) is 5.91 Å². The van der Waals surface area contributed by atoms with Crippen LogP contribution in [0.15, 0.2) is 28.6 Å². The number of ether oxygens (including phenoxy) is 1. The first-order chi connectivity index (χ1) is 10.3. The second-order valence-corrected chi connectivity index (χ2v) is 7.39. The molecule has 0 aliphatic carbocycles. The number of amides is 1. The highest BCUT2D eigenvalue weighted by Crippen LogP contribution is 2.28. The van der Waals surface area contributed by atoms with Crippen LogP contribution >= 0.6 is 11.3 Å². The van der Waals surface area contributed by atoms with Crippen molar-refractivity contribution in [2.45, 2.75) is 18.1 Å². The molecule has 1 heterocycles. The molecule has 0 radical (unpaired) electrons. The van der Waals surface area contributed by atoms with E-state index in [1.807, 2.05) is 0 Å². The number of thiazole rings is 1. The molecule has 9 heteroatoms. The minimum Gasteiger partial charge on any atom is -0.497 e. The van der Waals surface area contributed by atoms with Crippen LogP contribution in [0, 0.1) is 6.92 Å². The molecule has 0 spiro atoms. The van der Waals surface area contributed by atoms with Gasteiger partial charge in [0.1, 0.15) is 5.75 Å². The van der Waals surface area contributed by atoms with E-state index in [0.717, 1.165) is 16.9 Å². The van der Waals surface area contributed by atoms with Crippen molar-refractivity contribution in [3.63, 3.8) is 0 Å². The summed E-state index contributed by atoms with van der Waals surface area (Å²) in [5, 5.41) is 2.68. The summed E-state index contributed by atoms with van der Waals surface area (Å²) in [6.45, 7) is 3.11. The lowest BCUT2D eigenvalue weighted by molar-refractivity contribution is -0.114. The Hall–Kier alpha value is -2.13. The summed E-state index contributed by atoms with van der Waals surface area (Å²) in [5.41, 5.74) is 1.19. The second kappa shape index (κ2) is 6.32. The van der Waals surface area contributed by atoms with Gasteiger partial charge >= 0.3 is 0 Å². The van der Waals surface area contributed by atoms with E-state index in [9.17, 15) is 13.2 Å². The van der Waals surface area contributed by atoms with Gasteiger partial charge in [-0.2, -0.15) is 0 Å². The molecule has 2 N–H and O–H groups in total. The van der Waals surface area contributed by atoms with Crippen molar-refractivity contribution in [3.8, 4) is 5.75 Å². The standard InChI is InChI=1S/C13H15N3O4S2/c1-8-4-5-10(20-3)6-11(8)16-22(18,19)12-7-14-13(21-12)15-9(2)17/h4-7,16H,1-3H3,(H,14,15,17). The molecule has 2 aromatic rings. The number of methoxy groups -OCH3 is 1. The van der Waals surface area contributed by atoms with Gasteiger partial charge in [0.15, 0.2) is 9.34 Å². The number of carbonyl (C=O) groups excluding carboxylic acids is 1. The van der Waals surface area contributed by atoms with E-state index in [0.29, 0.717) is 11.4 Å². The largest absolute Gasteiger partial charge is 0.497 e. The van der Waals surface area contributed by atoms with E-state index in [1.165, 1.54) is 20.2 Å². The quantitative estimate of drug-likeness (QED) is 0.869. The Labute approximate surface area is 132 Å². The number of nitrogens with zero attached hydrogens (tertiary/aromatic N) is 1. The minimum atomic E-state index is -3.78. The maximum Gasteiger partial charge on any atom is 0.273 e. The normalized spacial score (nSPS) is 11.0. The summed E-state index contributed by atoms with van der Waals surface area (Å²) >= 11 is 0.878. The molecule has 1 aromatic heterocycles. The maximum atomic E-state index is 12.4. The Kier molecular flexibility index (Phi) is 4.67. The Morgan fingerprint density at radius 3 is 2.73 bits per heavy atom. The van der Waals surface area contributed by atoms with Crippen molar-refractivity contribution in [1.82, 2.24) is 4.98 Å². The van der Waals surface area contributed by atoms with Crippen molar-refractivity contribution < 1.29 is 17.9 Å². The second-order valence-electron chi connectivity index (χ2n) is 4.45. The topological polar surface area (TPSA) is 97.4 Å². The van der Waals surface area contributed by atoms with Crippen molar-refractivity contribution in [2.75, 3.05) is 17.1 Å². The van der Waals surface area contributed by atoms with Crippen molar-refractivity contribution in [3.05, 3.63) is 30.0 Å². The van der Waals surface area contributed by atoms with Crippen LogP contribution in [0.3, 0.4) is 0 Å². The molecule has 0 unspecified atom stereocenters. The molecule has 1 amide bonds. The van der Waals surface area contributed by atoms with Crippen LogP contribution in [0.1, 0.15) is 12.5 Å². The third kappa shape index (κ3) is 3.74. The summed E-state index contributed by atoms with van der Waals surface area (Å²) in [4.78, 5) is 14.8. The fourth-order valence-corrected chi connectivity index (χ4v) is 3.82. The number of aromatic nitrogens is 1. The van der Waals surface area contributed by atoms with Gasteiger partial charge in [0.25, 0.3) is 10.0 Å². The third-order valence-corrected chi connectivity index (χ3v) is 5.46. The maximum absolute atomic E-state index is 12.4. The van der Waals surface area contributed by atoms with Crippen LogP contribution in [0.25, 0.3) is 0 Å². The van der Waals surface area contributed by atoms with Gasteiger partial charge in [-0.25, -0.2) is 13.4 Å². The number of aryl methyl sites for hydroxylation is 1. The lowest BCUT2D eigenvalue weighted by Crippen LogP contribution is -2.12. The summed E-state index contributed by atoms with van der Waals surface area (Å²) in [5.74, 6) is 0.237. The summed E-state index contributed by atoms with van der Waals surface area (Å²) < 4.78 is 32.3. The molecular formula is C13H15N3O4S2. The molecule has 22 heavy (non-hydrogen) atoms. The average Bonchev–Trinajstić information content (AvgIpc) is 2.89. The number of hydrogen-bond donors (Lipinski definition) is 2. The van der Waals surface area contributed by atoms with Gasteiger partial charge < -0.3 is 10.1 Å². The number of benzene rings is 1. The van der Waals surface area contributed by atoms with Crippen LogP contribution in [0.5, 0.6) is 5.75 Å². The van der Waals surface area contributed by atoms with Crippen molar-refractivity contribution in [2.24, 2.45) is 0 Å². The number of rotatable bonds is 5. The van der Waals surface area contributed by atoms with E-state index < -0.39 is 10.0 Å². The highest BCUT2D eigenvalue weighted by Gasteiger charge is 2.19. The fourth-order valence-electron chi connectivity index (χ4n) is 1.63. The van der Waals surface area contributed by atoms with Crippen LogP contribution in [-0.4, -0.2) is 26.4 Å². The van der Waals surface area contributed by atoms with Gasteiger partial charge in [0.05, 0.1) is 19.0 Å². The number of carbonyl (C=O) groups is 1. The molecule has 0 bridgehead atoms. The zero-order valence-corrected chi connectivity index (χ0v) is 13.8. The molecule has 0 fully saturated rings. The molecule has 0 aliphatic heterocycles. The Morgan fingerprint density at radius 2 is 2.09 bits per heavy atom. The van der Waals surface area contributed by atoms with E-state index >= 15 is 0 Å². The van der Waals surface area contributed by atoms with Crippen LogP contribution in [0.2, 0.25) is 0 Å². The van der Waals surface area contributed by atoms with E-state index in [1.54, 1.807) is 25.1 Å². The fraction of sp³-hybridized carbons (Fsp3) is 0.231. The molecule has 118 valence electrons. The number of nitrogens with one attached hydrogen (secondary N) is 2. The highest BCUT2D eigenvalue weighted by atomic mass is 32.2. The van der Waals surface area contributed by atoms with Gasteiger partial charge in [-0.05, 0) is 18.6 Å². The monoisotopic (exact) mass is 341 g/mol. The molecule has 7 nitrogen and oxygen atoms in total. The zero-order valence-electron chi connectivity index (χ0n) is 12.2. The highest BCUT2D eigenvalue weighted by molar-refractivity contribution is 7.94. The smallest absolute Gasteiger partial charge is 0.273 e. The third-order valence-electron chi connectivity index (χ3n) is 2.72. The molecule has 0 aliphatic rings. The van der Waals surface area contributed by atoms with Gasteiger partial charge in [-0.1, -0.05) is 17.4 Å². The summed E-state index contributed by atoms with van der Waals surface area (Å²) in [6.07, 6.45) is 1.20. The predicted molar refractivity (Wildman–Crippen MR) is 85.0 cm³/mol. The summed E-state index contributed by atoms with van der Waals surface area (Å²) in [7, 11) is -2.27. The Balaban J connectivity index is 2.28. The lowest BCUT2D eigenvalue weighted by Gasteiger charge is -2.10. The van der Waals surface area contributed by atoms with E-state index in [2.05, 4.69) is 15.0 Å². The number of sulfonamides is 1. The Morgan fingerprint density at radius 1 is 1.36 bits per heavy atom. The van der Waals surface area contributed by atoms with Crippen LogP contribution in [-0.2, 0) is 14.8 Å². The van der Waals surface area contributed by atoms with E-state index in [-0.39, 0.29) is 15.2 Å². The van der Waals surface area contributed by atoms with Crippen LogP contribution in [0.4, 0.5) is 10.8 Å². The van der Waals surface area contributed by atoms with Gasteiger partial charge in [-0.3, -0.25) is 9.52 Å². The van der Waals surface area contributed by atoms with Crippen LogP contribution < -0.4 is 14.8 Å². The number of anilines is 2. The molecule has 2 rings (SSSR count). The number of hydrogen-bond acceptors (Lipinski definition) is 6. The summed E-state index contributed by atoms with van der Waals surface area (Å²) in [6, 6.07) is 5.10. The predicted octanol–water partition coefficient (Wildman–Crippen LogP) is 2.22. The first-order valence-corrected chi connectivity index (χ1v) is 8.52. The molecule has 0 saturated carbocycles. The molecular weight excluding hydrogens is 326 g/mol. The van der Waals surface area contributed by atoms with Gasteiger partial charge in [0, 0.05) is 13.0 Å². The van der Waals surface area contributed by atoms with E-state index in [4.69, 9.17) is 4.74 Å².